The Balaban J connectivity index is 1.95. The van der Waals surface area contributed by atoms with Gasteiger partial charge < -0.3 is 4.74 Å². The Morgan fingerprint density at radius 3 is 2.61 bits per heavy atom. The fourth-order valence-corrected chi connectivity index (χ4v) is 4.07. The maximum Gasteiger partial charge on any atom is 0.249 e. The molecule has 1 fully saturated rings. The molecular formula is C20H29N2O+. The highest BCUT2D eigenvalue weighted by atomic mass is 16.5. The van der Waals surface area contributed by atoms with Gasteiger partial charge in [0.05, 0.1) is 6.61 Å². The lowest BCUT2D eigenvalue weighted by Gasteiger charge is -2.26. The van der Waals surface area contributed by atoms with Gasteiger partial charge in [0.15, 0.2) is 11.4 Å². The van der Waals surface area contributed by atoms with Crippen molar-refractivity contribution in [2.45, 2.75) is 58.9 Å². The summed E-state index contributed by atoms with van der Waals surface area (Å²) in [6, 6.07) is 8.25. The highest BCUT2D eigenvalue weighted by Gasteiger charge is 2.46. The van der Waals surface area contributed by atoms with Crippen LogP contribution in [0, 0.1) is 5.41 Å². The SMILES string of the molecule is CCOc1ccccc1-n1cc[n+](C2(CC)CCC(C)(C)C2)c1. The lowest BCUT2D eigenvalue weighted by molar-refractivity contribution is -0.764. The molecule has 2 aromatic rings. The van der Waals surface area contributed by atoms with Gasteiger partial charge in [-0.1, -0.05) is 32.9 Å². The maximum atomic E-state index is 5.78. The summed E-state index contributed by atoms with van der Waals surface area (Å²) < 4.78 is 10.4. The highest BCUT2D eigenvalue weighted by Crippen LogP contribution is 2.46. The molecule has 1 aliphatic rings. The number of nitrogens with zero attached hydrogens (tertiary/aromatic N) is 2. The van der Waals surface area contributed by atoms with Crippen molar-refractivity contribution in [3.63, 3.8) is 0 Å². The van der Waals surface area contributed by atoms with Crippen LogP contribution in [0.25, 0.3) is 5.69 Å². The Morgan fingerprint density at radius 1 is 1.17 bits per heavy atom. The van der Waals surface area contributed by atoms with Crippen LogP contribution in [-0.4, -0.2) is 11.2 Å². The molecule has 0 amide bonds. The highest BCUT2D eigenvalue weighted by molar-refractivity contribution is 5.46. The van der Waals surface area contributed by atoms with Crippen molar-refractivity contribution < 1.29 is 9.30 Å². The molecule has 0 radical (unpaired) electrons. The van der Waals surface area contributed by atoms with E-state index in [1.807, 2.05) is 19.1 Å². The van der Waals surface area contributed by atoms with Gasteiger partial charge in [-0.05, 0) is 50.2 Å². The minimum Gasteiger partial charge on any atom is -0.489 e. The van der Waals surface area contributed by atoms with Crippen LogP contribution >= 0.6 is 0 Å². The van der Waals surface area contributed by atoms with Crippen molar-refractivity contribution in [2.75, 3.05) is 6.61 Å². The summed E-state index contributed by atoms with van der Waals surface area (Å²) in [6.07, 6.45) is 11.6. The molecule has 0 saturated heterocycles. The maximum absolute atomic E-state index is 5.78. The average Bonchev–Trinajstić information content (AvgIpc) is 3.13. The second-order valence-electron chi connectivity index (χ2n) is 7.55. The summed E-state index contributed by atoms with van der Waals surface area (Å²) in [4.78, 5) is 0. The summed E-state index contributed by atoms with van der Waals surface area (Å²) in [5, 5.41) is 0. The molecule has 1 aliphatic carbocycles. The Hall–Kier alpha value is -1.77. The predicted octanol–water partition coefficient (Wildman–Crippen LogP) is 4.48. The van der Waals surface area contributed by atoms with E-state index in [0.717, 1.165) is 11.4 Å². The standard InChI is InChI=1S/C20H29N2O/c1-5-20(12-11-19(3,4)15-20)22-14-13-21(16-22)17-9-7-8-10-18(17)23-6-2/h7-10,13-14,16H,5-6,11-12,15H2,1-4H3/q+1. The molecule has 1 aromatic carbocycles. The minimum absolute atomic E-state index is 0.259. The quantitative estimate of drug-likeness (QED) is 0.744. The number of ether oxygens (including phenoxy) is 1. The van der Waals surface area contributed by atoms with Crippen LogP contribution in [-0.2, 0) is 5.54 Å². The molecule has 3 heteroatoms. The van der Waals surface area contributed by atoms with Crippen molar-refractivity contribution in [1.29, 1.82) is 0 Å². The molecule has 1 aromatic heterocycles. The van der Waals surface area contributed by atoms with Gasteiger partial charge in [0.1, 0.15) is 17.9 Å². The van der Waals surface area contributed by atoms with Crippen LogP contribution in [0.5, 0.6) is 5.75 Å². The number of hydrogen-bond acceptors (Lipinski definition) is 1. The van der Waals surface area contributed by atoms with Gasteiger partial charge in [-0.15, -0.1) is 0 Å². The van der Waals surface area contributed by atoms with Crippen molar-refractivity contribution in [3.8, 4) is 11.4 Å². The zero-order valence-electron chi connectivity index (χ0n) is 14.9. The van der Waals surface area contributed by atoms with Gasteiger partial charge in [0.25, 0.3) is 0 Å². The smallest absolute Gasteiger partial charge is 0.249 e. The van der Waals surface area contributed by atoms with Gasteiger partial charge >= 0.3 is 0 Å². The zero-order chi connectivity index (χ0) is 16.5. The molecule has 0 spiro atoms. The zero-order valence-corrected chi connectivity index (χ0v) is 14.9. The lowest BCUT2D eigenvalue weighted by Crippen LogP contribution is -2.53. The molecule has 23 heavy (non-hydrogen) atoms. The Morgan fingerprint density at radius 2 is 1.96 bits per heavy atom. The molecule has 1 saturated carbocycles. The van der Waals surface area contributed by atoms with Gasteiger partial charge in [0.2, 0.25) is 6.33 Å². The van der Waals surface area contributed by atoms with Crippen molar-refractivity contribution in [2.24, 2.45) is 5.41 Å². The van der Waals surface area contributed by atoms with E-state index in [0.29, 0.717) is 12.0 Å². The first-order chi connectivity index (χ1) is 11.0. The molecule has 0 N–H and O–H groups in total. The van der Waals surface area contributed by atoms with E-state index in [-0.39, 0.29) is 5.54 Å². The third-order valence-corrected chi connectivity index (χ3v) is 5.36. The third kappa shape index (κ3) is 3.01. The van der Waals surface area contributed by atoms with Crippen molar-refractivity contribution >= 4 is 0 Å². The first-order valence-electron chi connectivity index (χ1n) is 8.82. The van der Waals surface area contributed by atoms with Gasteiger partial charge in [-0.3, -0.25) is 0 Å². The van der Waals surface area contributed by atoms with E-state index in [1.165, 1.54) is 25.7 Å². The second-order valence-corrected chi connectivity index (χ2v) is 7.55. The molecule has 124 valence electrons. The Labute approximate surface area is 139 Å². The molecule has 0 aliphatic heterocycles. The van der Waals surface area contributed by atoms with E-state index >= 15 is 0 Å². The second kappa shape index (κ2) is 6.03. The van der Waals surface area contributed by atoms with E-state index in [2.05, 4.69) is 60.8 Å². The lowest BCUT2D eigenvalue weighted by atomic mass is 9.86. The van der Waals surface area contributed by atoms with E-state index in [1.54, 1.807) is 0 Å². The third-order valence-electron chi connectivity index (χ3n) is 5.36. The topological polar surface area (TPSA) is 18.0 Å². The first-order valence-corrected chi connectivity index (χ1v) is 8.82. The first kappa shape index (κ1) is 16.1. The number of imidazole rings is 1. The van der Waals surface area contributed by atoms with E-state index < -0.39 is 0 Å². The normalized spacial score (nSPS) is 23.1. The Bertz CT molecular complexity index is 674. The molecule has 1 unspecified atom stereocenters. The fourth-order valence-electron chi connectivity index (χ4n) is 4.07. The molecule has 3 rings (SSSR count). The largest absolute Gasteiger partial charge is 0.489 e. The summed E-state index contributed by atoms with van der Waals surface area (Å²) in [5.74, 6) is 0.940. The molecule has 1 atom stereocenters. The molecular weight excluding hydrogens is 284 g/mol. The Kier molecular flexibility index (Phi) is 4.22. The van der Waals surface area contributed by atoms with Crippen LogP contribution < -0.4 is 9.30 Å². The van der Waals surface area contributed by atoms with Crippen LogP contribution in [0.2, 0.25) is 0 Å². The van der Waals surface area contributed by atoms with Crippen LogP contribution in [0.4, 0.5) is 0 Å². The summed E-state index contributed by atoms with van der Waals surface area (Å²) >= 11 is 0. The van der Waals surface area contributed by atoms with Gasteiger partial charge in [-0.2, -0.15) is 4.57 Å². The van der Waals surface area contributed by atoms with Crippen LogP contribution in [0.3, 0.4) is 0 Å². The van der Waals surface area contributed by atoms with Crippen molar-refractivity contribution in [1.82, 2.24) is 4.57 Å². The molecule has 0 bridgehead atoms. The predicted molar refractivity (Wildman–Crippen MR) is 93.0 cm³/mol. The van der Waals surface area contributed by atoms with E-state index in [4.69, 9.17) is 4.74 Å². The minimum atomic E-state index is 0.259. The number of hydrogen-bond donors (Lipinski definition) is 0. The fraction of sp³-hybridized carbons (Fsp3) is 0.550. The number of benzene rings is 1. The van der Waals surface area contributed by atoms with Crippen LogP contribution in [0.1, 0.15) is 53.4 Å². The monoisotopic (exact) mass is 313 g/mol. The van der Waals surface area contributed by atoms with Crippen LogP contribution in [0.15, 0.2) is 43.0 Å². The van der Waals surface area contributed by atoms with Crippen molar-refractivity contribution in [3.05, 3.63) is 43.0 Å². The number of para-hydroxylation sites is 2. The molecule has 3 nitrogen and oxygen atoms in total. The van der Waals surface area contributed by atoms with Gasteiger partial charge in [0, 0.05) is 0 Å². The van der Waals surface area contributed by atoms with Gasteiger partial charge in [-0.25, -0.2) is 4.57 Å². The summed E-state index contributed by atoms with van der Waals surface area (Å²) in [7, 11) is 0. The number of rotatable bonds is 5. The summed E-state index contributed by atoms with van der Waals surface area (Å²) in [6.45, 7) is 9.82. The summed E-state index contributed by atoms with van der Waals surface area (Å²) in [5.41, 5.74) is 1.81. The average molecular weight is 313 g/mol. The molecule has 1 heterocycles. The van der Waals surface area contributed by atoms with E-state index in [9.17, 15) is 0 Å². The number of aromatic nitrogens is 2.